The lowest BCUT2D eigenvalue weighted by atomic mass is 9.99. The fourth-order valence-electron chi connectivity index (χ4n) is 2.13. The number of nitrogens with one attached hydrogen (secondary N) is 1. The van der Waals surface area contributed by atoms with E-state index in [0.717, 1.165) is 25.7 Å². The fourth-order valence-corrected chi connectivity index (χ4v) is 2.13. The molecule has 1 N–H and O–H groups in total. The monoisotopic (exact) mass is 257 g/mol. The first kappa shape index (κ1) is 17.1. The molecule has 4 nitrogen and oxygen atoms in total. The van der Waals surface area contributed by atoms with Crippen LogP contribution in [0.25, 0.3) is 0 Å². The summed E-state index contributed by atoms with van der Waals surface area (Å²) in [6.45, 7) is 11.1. The van der Waals surface area contributed by atoms with E-state index in [9.17, 15) is 4.79 Å². The largest absolute Gasteiger partial charge is 0.355 e. The zero-order valence-corrected chi connectivity index (χ0v) is 11.9. The number of amides is 1. The smallest absolute Gasteiger partial charge is 0.207 e. The maximum absolute atomic E-state index is 10.5. The summed E-state index contributed by atoms with van der Waals surface area (Å²) in [5.74, 6) is -0.502. The molecular weight excluding hydrogens is 230 g/mol. The van der Waals surface area contributed by atoms with Gasteiger partial charge in [-0.25, -0.2) is 0 Å². The minimum atomic E-state index is -0.502. The van der Waals surface area contributed by atoms with Gasteiger partial charge in [-0.05, 0) is 6.42 Å². The van der Waals surface area contributed by atoms with Crippen molar-refractivity contribution >= 4 is 6.41 Å². The SMILES string of the molecule is C=CCC(CC1(CCC)OCCO1)NC=O.CC. The van der Waals surface area contributed by atoms with Gasteiger partial charge in [0, 0.05) is 18.9 Å². The third kappa shape index (κ3) is 5.65. The van der Waals surface area contributed by atoms with Crippen LogP contribution in [0.15, 0.2) is 12.7 Å². The molecule has 0 aliphatic carbocycles. The van der Waals surface area contributed by atoms with Crippen LogP contribution in [-0.2, 0) is 14.3 Å². The molecule has 1 unspecified atom stereocenters. The predicted molar refractivity (Wildman–Crippen MR) is 73.3 cm³/mol. The zero-order valence-electron chi connectivity index (χ0n) is 11.9. The lowest BCUT2D eigenvalue weighted by molar-refractivity contribution is -0.171. The summed E-state index contributed by atoms with van der Waals surface area (Å²) in [6.07, 6.45) is 5.81. The molecule has 1 amide bonds. The molecule has 1 saturated heterocycles. The Bertz CT molecular complexity index is 215. The molecule has 0 spiro atoms. The van der Waals surface area contributed by atoms with Crippen molar-refractivity contribution in [3.8, 4) is 0 Å². The minimum absolute atomic E-state index is 0.0413. The third-order valence-electron chi connectivity index (χ3n) is 2.76. The average molecular weight is 257 g/mol. The van der Waals surface area contributed by atoms with Crippen molar-refractivity contribution in [3.05, 3.63) is 12.7 Å². The number of rotatable bonds is 8. The number of ether oxygens (including phenoxy) is 2. The van der Waals surface area contributed by atoms with E-state index >= 15 is 0 Å². The van der Waals surface area contributed by atoms with Gasteiger partial charge in [-0.3, -0.25) is 4.79 Å². The lowest BCUT2D eigenvalue weighted by Crippen LogP contribution is -2.40. The molecular formula is C14H27NO3. The predicted octanol–water partition coefficient (Wildman–Crippen LogP) is 2.64. The zero-order chi connectivity index (χ0) is 13.9. The Morgan fingerprint density at radius 2 is 2.00 bits per heavy atom. The summed E-state index contributed by atoms with van der Waals surface area (Å²) in [4.78, 5) is 10.5. The van der Waals surface area contributed by atoms with Gasteiger partial charge in [-0.1, -0.05) is 33.3 Å². The highest BCUT2D eigenvalue weighted by atomic mass is 16.7. The van der Waals surface area contributed by atoms with Gasteiger partial charge in [-0.15, -0.1) is 6.58 Å². The third-order valence-corrected chi connectivity index (χ3v) is 2.76. The molecule has 0 aromatic carbocycles. The van der Waals surface area contributed by atoms with Crippen molar-refractivity contribution in [2.75, 3.05) is 13.2 Å². The molecule has 0 aromatic heterocycles. The summed E-state index contributed by atoms with van der Waals surface area (Å²) in [7, 11) is 0. The number of carbonyl (C=O) groups excluding carboxylic acids is 1. The summed E-state index contributed by atoms with van der Waals surface area (Å²) >= 11 is 0. The molecule has 1 heterocycles. The summed E-state index contributed by atoms with van der Waals surface area (Å²) in [6, 6.07) is 0.0413. The average Bonchev–Trinajstić information content (AvgIpc) is 2.81. The van der Waals surface area contributed by atoms with E-state index in [1.165, 1.54) is 0 Å². The van der Waals surface area contributed by atoms with Gasteiger partial charge in [0.05, 0.1) is 13.2 Å². The second-order valence-electron chi connectivity index (χ2n) is 4.07. The van der Waals surface area contributed by atoms with E-state index in [4.69, 9.17) is 9.47 Å². The lowest BCUT2D eigenvalue weighted by Gasteiger charge is -2.30. The first-order chi connectivity index (χ1) is 8.76. The van der Waals surface area contributed by atoms with E-state index in [0.29, 0.717) is 19.6 Å². The Morgan fingerprint density at radius 3 is 2.44 bits per heavy atom. The standard InChI is InChI=1S/C12H21NO3.C2H6/c1-3-5-11(13-10-14)9-12(6-4-2)15-7-8-16-12;1-2/h3,10-11H,1,4-9H2,2H3,(H,13,14);1-2H3. The highest BCUT2D eigenvalue weighted by Gasteiger charge is 2.37. The van der Waals surface area contributed by atoms with Crippen LogP contribution >= 0.6 is 0 Å². The quantitative estimate of drug-likeness (QED) is 0.537. The molecule has 1 aliphatic heterocycles. The van der Waals surface area contributed by atoms with E-state index in [-0.39, 0.29) is 6.04 Å². The van der Waals surface area contributed by atoms with Gasteiger partial charge in [-0.2, -0.15) is 0 Å². The molecule has 1 atom stereocenters. The van der Waals surface area contributed by atoms with E-state index in [2.05, 4.69) is 18.8 Å². The molecule has 4 heteroatoms. The van der Waals surface area contributed by atoms with Crippen LogP contribution < -0.4 is 5.32 Å². The van der Waals surface area contributed by atoms with Crippen LogP contribution in [0.5, 0.6) is 0 Å². The van der Waals surface area contributed by atoms with Crippen molar-refractivity contribution in [2.45, 2.75) is 58.3 Å². The summed E-state index contributed by atoms with van der Waals surface area (Å²) in [5, 5.41) is 2.78. The second kappa shape index (κ2) is 10.1. The molecule has 1 aliphatic rings. The van der Waals surface area contributed by atoms with Gasteiger partial charge in [0.25, 0.3) is 0 Å². The summed E-state index contributed by atoms with van der Waals surface area (Å²) in [5.41, 5.74) is 0. The highest BCUT2D eigenvalue weighted by Crippen LogP contribution is 2.30. The molecule has 1 fully saturated rings. The van der Waals surface area contributed by atoms with Crippen molar-refractivity contribution in [1.82, 2.24) is 5.32 Å². The van der Waals surface area contributed by atoms with Crippen molar-refractivity contribution < 1.29 is 14.3 Å². The summed E-state index contributed by atoms with van der Waals surface area (Å²) < 4.78 is 11.4. The van der Waals surface area contributed by atoms with E-state index < -0.39 is 5.79 Å². The number of hydrogen-bond acceptors (Lipinski definition) is 3. The maximum atomic E-state index is 10.5. The minimum Gasteiger partial charge on any atom is -0.355 e. The highest BCUT2D eigenvalue weighted by molar-refractivity contribution is 5.46. The molecule has 1 rings (SSSR count). The molecule has 0 saturated carbocycles. The van der Waals surface area contributed by atoms with Crippen LogP contribution in [0.2, 0.25) is 0 Å². The van der Waals surface area contributed by atoms with Gasteiger partial charge in [0.1, 0.15) is 0 Å². The van der Waals surface area contributed by atoms with Crippen LogP contribution in [0.4, 0.5) is 0 Å². The second-order valence-corrected chi connectivity index (χ2v) is 4.07. The molecule has 18 heavy (non-hydrogen) atoms. The number of hydrogen-bond donors (Lipinski definition) is 1. The topological polar surface area (TPSA) is 47.6 Å². The molecule has 0 bridgehead atoms. The van der Waals surface area contributed by atoms with Gasteiger partial charge >= 0.3 is 0 Å². The Labute approximate surface area is 111 Å². The van der Waals surface area contributed by atoms with Crippen molar-refractivity contribution in [2.24, 2.45) is 0 Å². The van der Waals surface area contributed by atoms with Gasteiger partial charge in [0.2, 0.25) is 6.41 Å². The first-order valence-corrected chi connectivity index (χ1v) is 6.85. The van der Waals surface area contributed by atoms with Crippen LogP contribution in [0.1, 0.15) is 46.5 Å². The van der Waals surface area contributed by atoms with Gasteiger partial charge in [0.15, 0.2) is 5.79 Å². The van der Waals surface area contributed by atoms with Crippen LogP contribution in [-0.4, -0.2) is 31.5 Å². The van der Waals surface area contributed by atoms with Crippen molar-refractivity contribution in [3.63, 3.8) is 0 Å². The van der Waals surface area contributed by atoms with E-state index in [1.807, 2.05) is 13.8 Å². The number of carbonyl (C=O) groups is 1. The Balaban J connectivity index is 0.00000137. The fraction of sp³-hybridized carbons (Fsp3) is 0.786. The van der Waals surface area contributed by atoms with E-state index in [1.54, 1.807) is 6.08 Å². The molecule has 0 aromatic rings. The van der Waals surface area contributed by atoms with Crippen LogP contribution in [0, 0.1) is 0 Å². The van der Waals surface area contributed by atoms with Crippen LogP contribution in [0.3, 0.4) is 0 Å². The van der Waals surface area contributed by atoms with Crippen molar-refractivity contribution in [1.29, 1.82) is 0 Å². The molecule has 106 valence electrons. The Morgan fingerprint density at radius 1 is 1.39 bits per heavy atom. The maximum Gasteiger partial charge on any atom is 0.207 e. The first-order valence-electron chi connectivity index (χ1n) is 6.85. The molecule has 0 radical (unpaired) electrons. The Hall–Kier alpha value is -0.870. The Kier molecular flexibility index (Phi) is 9.60. The normalized spacial score (nSPS) is 18.4. The van der Waals surface area contributed by atoms with Gasteiger partial charge < -0.3 is 14.8 Å².